The summed E-state index contributed by atoms with van der Waals surface area (Å²) < 4.78 is 1.66. The van der Waals surface area contributed by atoms with Crippen LogP contribution in [0.15, 0.2) is 42.6 Å². The van der Waals surface area contributed by atoms with Crippen molar-refractivity contribution in [3.63, 3.8) is 0 Å². The zero-order valence-corrected chi connectivity index (χ0v) is 13.8. The van der Waals surface area contributed by atoms with E-state index < -0.39 is 0 Å². The first-order chi connectivity index (χ1) is 10.8. The fraction of sp³-hybridized carbons (Fsp3) is 0.278. The maximum atomic E-state index is 12.3. The minimum Gasteiger partial charge on any atom is -0.305 e. The highest BCUT2D eigenvalue weighted by atomic mass is 16.1. The molecule has 5 nitrogen and oxygen atoms in total. The highest BCUT2D eigenvalue weighted by Gasteiger charge is 2.15. The lowest BCUT2D eigenvalue weighted by Gasteiger charge is -2.18. The summed E-state index contributed by atoms with van der Waals surface area (Å²) in [7, 11) is 0. The van der Waals surface area contributed by atoms with Gasteiger partial charge in [0.05, 0.1) is 11.9 Å². The van der Waals surface area contributed by atoms with Gasteiger partial charge in [0.15, 0.2) is 11.5 Å². The smallest absolute Gasteiger partial charge is 0.256 e. The topological polar surface area (TPSA) is 59.3 Å². The standard InChI is InChI=1S/C18H20N4O/c1-12-5-10-16-19-15(11-22(16)21-12)20-17(23)13-6-8-14(9-7-13)18(2,3)4/h5-11H,1-4H3,(H,20,23). The van der Waals surface area contributed by atoms with Gasteiger partial charge in [-0.25, -0.2) is 9.50 Å². The minimum atomic E-state index is -0.175. The molecule has 0 aliphatic carbocycles. The van der Waals surface area contributed by atoms with Crippen molar-refractivity contribution in [3.8, 4) is 0 Å². The minimum absolute atomic E-state index is 0.0696. The van der Waals surface area contributed by atoms with E-state index in [-0.39, 0.29) is 11.3 Å². The third-order valence-electron chi connectivity index (χ3n) is 3.71. The van der Waals surface area contributed by atoms with Crippen LogP contribution in [0.5, 0.6) is 0 Å². The Morgan fingerprint density at radius 1 is 1.09 bits per heavy atom. The second-order valence-electron chi connectivity index (χ2n) is 6.69. The summed E-state index contributed by atoms with van der Waals surface area (Å²) in [5.74, 6) is 0.318. The number of anilines is 1. The van der Waals surface area contributed by atoms with Crippen LogP contribution in [0, 0.1) is 6.92 Å². The van der Waals surface area contributed by atoms with E-state index in [9.17, 15) is 4.79 Å². The third-order valence-corrected chi connectivity index (χ3v) is 3.71. The van der Waals surface area contributed by atoms with E-state index in [0.717, 1.165) is 5.69 Å². The summed E-state index contributed by atoms with van der Waals surface area (Å²) in [5.41, 5.74) is 3.47. The van der Waals surface area contributed by atoms with Crippen molar-refractivity contribution in [1.29, 1.82) is 0 Å². The van der Waals surface area contributed by atoms with Gasteiger partial charge in [0.2, 0.25) is 0 Å². The van der Waals surface area contributed by atoms with Gasteiger partial charge in [-0.2, -0.15) is 5.10 Å². The molecule has 0 spiro atoms. The monoisotopic (exact) mass is 308 g/mol. The van der Waals surface area contributed by atoms with Crippen LogP contribution in [-0.2, 0) is 5.41 Å². The second-order valence-corrected chi connectivity index (χ2v) is 6.69. The Labute approximate surface area is 135 Å². The lowest BCUT2D eigenvalue weighted by Crippen LogP contribution is -2.14. The molecule has 2 heterocycles. The van der Waals surface area contributed by atoms with Crippen LogP contribution in [0.1, 0.15) is 42.4 Å². The quantitative estimate of drug-likeness (QED) is 0.787. The molecule has 0 aliphatic rings. The van der Waals surface area contributed by atoms with Crippen molar-refractivity contribution in [1.82, 2.24) is 14.6 Å². The number of carbonyl (C=O) groups excluding carboxylic acids is 1. The molecule has 0 saturated heterocycles. The van der Waals surface area contributed by atoms with E-state index in [2.05, 4.69) is 36.2 Å². The number of nitrogens with zero attached hydrogens (tertiary/aromatic N) is 3. The number of aryl methyl sites for hydroxylation is 1. The Morgan fingerprint density at radius 3 is 2.43 bits per heavy atom. The Bertz CT molecular complexity index is 857. The fourth-order valence-electron chi connectivity index (χ4n) is 2.35. The Kier molecular flexibility index (Phi) is 3.64. The average molecular weight is 308 g/mol. The number of nitrogens with one attached hydrogen (secondary N) is 1. The van der Waals surface area contributed by atoms with Crippen molar-refractivity contribution in [2.75, 3.05) is 5.32 Å². The number of aromatic nitrogens is 3. The van der Waals surface area contributed by atoms with Crippen LogP contribution in [0.25, 0.3) is 5.65 Å². The van der Waals surface area contributed by atoms with Crippen molar-refractivity contribution >= 4 is 17.4 Å². The molecule has 5 heteroatoms. The van der Waals surface area contributed by atoms with Gasteiger partial charge in [0.1, 0.15) is 0 Å². The SMILES string of the molecule is Cc1ccc2nc(NC(=O)c3ccc(C(C)(C)C)cc3)cn2n1. The summed E-state index contributed by atoms with van der Waals surface area (Å²) in [6.45, 7) is 8.35. The molecule has 2 aromatic heterocycles. The number of rotatable bonds is 2. The molecule has 0 saturated carbocycles. The Balaban J connectivity index is 1.80. The Hall–Kier alpha value is -2.69. The first-order valence-electron chi connectivity index (χ1n) is 7.58. The molecule has 0 unspecified atom stereocenters. The van der Waals surface area contributed by atoms with Gasteiger partial charge in [-0.1, -0.05) is 32.9 Å². The summed E-state index contributed by atoms with van der Waals surface area (Å²) in [6, 6.07) is 11.4. The number of amides is 1. The molecule has 1 amide bonds. The number of hydrogen-bond acceptors (Lipinski definition) is 3. The van der Waals surface area contributed by atoms with Gasteiger partial charge >= 0.3 is 0 Å². The van der Waals surface area contributed by atoms with Gasteiger partial charge in [0, 0.05) is 5.56 Å². The molecule has 0 atom stereocenters. The molecule has 118 valence electrons. The zero-order valence-electron chi connectivity index (χ0n) is 13.8. The lowest BCUT2D eigenvalue weighted by atomic mass is 9.87. The van der Waals surface area contributed by atoms with E-state index >= 15 is 0 Å². The van der Waals surface area contributed by atoms with Crippen LogP contribution < -0.4 is 5.32 Å². The molecular formula is C18H20N4O. The van der Waals surface area contributed by atoms with E-state index in [1.54, 1.807) is 10.7 Å². The average Bonchev–Trinajstić information content (AvgIpc) is 2.87. The largest absolute Gasteiger partial charge is 0.305 e. The maximum Gasteiger partial charge on any atom is 0.256 e. The van der Waals surface area contributed by atoms with Crippen LogP contribution in [0.4, 0.5) is 5.82 Å². The molecule has 0 bridgehead atoms. The molecule has 0 aliphatic heterocycles. The second kappa shape index (κ2) is 5.50. The number of benzene rings is 1. The van der Waals surface area contributed by atoms with E-state index in [0.29, 0.717) is 17.0 Å². The van der Waals surface area contributed by atoms with Gasteiger partial charge in [-0.05, 0) is 42.2 Å². The highest BCUT2D eigenvalue weighted by Crippen LogP contribution is 2.22. The molecule has 23 heavy (non-hydrogen) atoms. The number of hydrogen-bond donors (Lipinski definition) is 1. The third kappa shape index (κ3) is 3.23. The van der Waals surface area contributed by atoms with Crippen LogP contribution in [0.3, 0.4) is 0 Å². The van der Waals surface area contributed by atoms with Crippen molar-refractivity contribution < 1.29 is 4.79 Å². The molecule has 3 rings (SSSR count). The van der Waals surface area contributed by atoms with E-state index in [4.69, 9.17) is 0 Å². The van der Waals surface area contributed by atoms with Gasteiger partial charge < -0.3 is 5.32 Å². The van der Waals surface area contributed by atoms with Gasteiger partial charge in [0.25, 0.3) is 5.91 Å². The predicted molar refractivity (Wildman–Crippen MR) is 90.8 cm³/mol. The van der Waals surface area contributed by atoms with Crippen LogP contribution in [-0.4, -0.2) is 20.5 Å². The molecule has 1 aromatic carbocycles. The maximum absolute atomic E-state index is 12.3. The first kappa shape index (κ1) is 15.2. The van der Waals surface area contributed by atoms with E-state index in [1.165, 1.54) is 5.56 Å². The van der Waals surface area contributed by atoms with Gasteiger partial charge in [-0.3, -0.25) is 4.79 Å². The normalized spacial score (nSPS) is 11.7. The van der Waals surface area contributed by atoms with Crippen molar-refractivity contribution in [2.24, 2.45) is 0 Å². The predicted octanol–water partition coefficient (Wildman–Crippen LogP) is 3.59. The highest BCUT2D eigenvalue weighted by molar-refractivity contribution is 6.03. The van der Waals surface area contributed by atoms with Crippen molar-refractivity contribution in [2.45, 2.75) is 33.1 Å². The van der Waals surface area contributed by atoms with Crippen LogP contribution in [0.2, 0.25) is 0 Å². The first-order valence-corrected chi connectivity index (χ1v) is 7.58. The van der Waals surface area contributed by atoms with E-state index in [1.807, 2.05) is 43.3 Å². The summed E-state index contributed by atoms with van der Waals surface area (Å²) in [4.78, 5) is 16.7. The molecule has 0 fully saturated rings. The fourth-order valence-corrected chi connectivity index (χ4v) is 2.35. The van der Waals surface area contributed by atoms with Crippen molar-refractivity contribution in [3.05, 3.63) is 59.4 Å². The molecule has 1 N–H and O–H groups in total. The Morgan fingerprint density at radius 2 is 1.78 bits per heavy atom. The number of imidazole rings is 1. The molecule has 3 aromatic rings. The number of carbonyl (C=O) groups is 1. The summed E-state index contributed by atoms with van der Waals surface area (Å²) in [6.07, 6.45) is 1.71. The molecule has 0 radical (unpaired) electrons. The molecular weight excluding hydrogens is 288 g/mol. The van der Waals surface area contributed by atoms with Crippen LogP contribution >= 0.6 is 0 Å². The van der Waals surface area contributed by atoms with Gasteiger partial charge in [-0.15, -0.1) is 0 Å². The summed E-state index contributed by atoms with van der Waals surface area (Å²) in [5, 5.41) is 7.13. The number of fused-ring (bicyclic) bond motifs is 1. The lowest BCUT2D eigenvalue weighted by molar-refractivity contribution is 0.102. The summed E-state index contributed by atoms with van der Waals surface area (Å²) >= 11 is 0. The zero-order chi connectivity index (χ0) is 16.6.